The fourth-order valence-electron chi connectivity index (χ4n) is 3.75. The van der Waals surface area contributed by atoms with Gasteiger partial charge in [0, 0.05) is 52.2 Å². The molecule has 0 spiro atoms. The molecule has 9 heteroatoms. The molecule has 2 N–H and O–H groups in total. The highest BCUT2D eigenvalue weighted by Gasteiger charge is 2.27. The molecule has 0 aromatic carbocycles. The summed E-state index contributed by atoms with van der Waals surface area (Å²) in [5.74, 6) is 1.44. The van der Waals surface area contributed by atoms with Gasteiger partial charge in [-0.05, 0) is 52.4 Å². The van der Waals surface area contributed by atoms with Crippen molar-refractivity contribution in [3.05, 3.63) is 0 Å². The van der Waals surface area contributed by atoms with E-state index in [1.807, 2.05) is 25.7 Å². The normalized spacial score (nSPS) is 16.3. The molecule has 32 heavy (non-hydrogen) atoms. The second kappa shape index (κ2) is 14.8. The van der Waals surface area contributed by atoms with Crippen molar-refractivity contribution in [2.24, 2.45) is 16.8 Å². The van der Waals surface area contributed by atoms with Crippen LogP contribution in [-0.4, -0.2) is 79.7 Å². The lowest BCUT2D eigenvalue weighted by Crippen LogP contribution is -2.51. The molecule has 1 atom stereocenters. The number of amides is 2. The van der Waals surface area contributed by atoms with Crippen LogP contribution in [0, 0.1) is 11.8 Å². The number of hydrogen-bond donors (Lipinski definition) is 2. The van der Waals surface area contributed by atoms with Gasteiger partial charge in [0.2, 0.25) is 5.91 Å². The van der Waals surface area contributed by atoms with Crippen LogP contribution in [0.3, 0.4) is 0 Å². The highest BCUT2D eigenvalue weighted by molar-refractivity contribution is 14.0. The summed E-state index contributed by atoms with van der Waals surface area (Å²) in [5, 5.41) is 6.84. The van der Waals surface area contributed by atoms with Crippen LogP contribution >= 0.6 is 24.0 Å². The first-order valence-electron chi connectivity index (χ1n) is 11.7. The summed E-state index contributed by atoms with van der Waals surface area (Å²) in [6, 6.07) is 0.302. The Morgan fingerprint density at radius 3 is 2.22 bits per heavy atom. The third-order valence-electron chi connectivity index (χ3n) is 5.61. The van der Waals surface area contributed by atoms with E-state index in [-0.39, 0.29) is 41.9 Å². The lowest BCUT2D eigenvalue weighted by Gasteiger charge is -2.35. The van der Waals surface area contributed by atoms with Crippen LogP contribution in [0.5, 0.6) is 0 Å². The van der Waals surface area contributed by atoms with E-state index >= 15 is 0 Å². The molecule has 8 nitrogen and oxygen atoms in total. The predicted octanol–water partition coefficient (Wildman–Crippen LogP) is 3.70. The number of carbonyl (C=O) groups is 2. The Morgan fingerprint density at radius 1 is 1.19 bits per heavy atom. The van der Waals surface area contributed by atoms with Gasteiger partial charge in [0.25, 0.3) is 0 Å². The van der Waals surface area contributed by atoms with Crippen LogP contribution < -0.4 is 10.6 Å². The van der Waals surface area contributed by atoms with Crippen molar-refractivity contribution in [1.29, 1.82) is 0 Å². The minimum Gasteiger partial charge on any atom is -0.444 e. The van der Waals surface area contributed by atoms with Gasteiger partial charge in [-0.2, -0.15) is 0 Å². The van der Waals surface area contributed by atoms with Crippen molar-refractivity contribution < 1.29 is 14.3 Å². The molecule has 1 unspecified atom stereocenters. The number of nitrogens with zero attached hydrogens (tertiary/aromatic N) is 3. The Balaban J connectivity index is 0.00000961. The lowest BCUT2D eigenvalue weighted by molar-refractivity contribution is -0.136. The third-order valence-corrected chi connectivity index (χ3v) is 5.61. The first-order valence-corrected chi connectivity index (χ1v) is 11.7. The van der Waals surface area contributed by atoms with Gasteiger partial charge in [-0.1, -0.05) is 20.8 Å². The number of halogens is 1. The van der Waals surface area contributed by atoms with E-state index in [0.29, 0.717) is 25.0 Å². The molecule has 1 heterocycles. The van der Waals surface area contributed by atoms with Crippen molar-refractivity contribution >= 4 is 41.9 Å². The molecule has 1 aliphatic rings. The standard InChI is InChI=1S/C23H45N5O3.HI/c1-9-18(10-2)20(29)28-13-11-19(12-14-28)26-21(24-7)25-15-17(3)16-27(8)22(30)31-23(4,5)6;/h17-19H,9-16H2,1-8H3,(H2,24,25,26);1H. The van der Waals surface area contributed by atoms with Crippen LogP contribution in [0.2, 0.25) is 0 Å². The number of rotatable bonds is 8. The van der Waals surface area contributed by atoms with Gasteiger partial charge in [0.1, 0.15) is 5.60 Å². The maximum atomic E-state index is 12.6. The fourth-order valence-corrected chi connectivity index (χ4v) is 3.75. The molecule has 1 saturated heterocycles. The largest absolute Gasteiger partial charge is 0.444 e. The van der Waals surface area contributed by atoms with Crippen molar-refractivity contribution in [2.75, 3.05) is 40.3 Å². The molecular formula is C23H46IN5O3. The van der Waals surface area contributed by atoms with Crippen LogP contribution in [0.15, 0.2) is 4.99 Å². The average Bonchev–Trinajstić information content (AvgIpc) is 2.71. The molecule has 0 radical (unpaired) electrons. The molecule has 188 valence electrons. The maximum Gasteiger partial charge on any atom is 0.410 e. The van der Waals surface area contributed by atoms with Gasteiger partial charge in [-0.3, -0.25) is 9.79 Å². The average molecular weight is 568 g/mol. The highest BCUT2D eigenvalue weighted by Crippen LogP contribution is 2.17. The van der Waals surface area contributed by atoms with Crippen molar-refractivity contribution in [1.82, 2.24) is 20.4 Å². The minimum atomic E-state index is -0.493. The Kier molecular flexibility index (Phi) is 14.2. The van der Waals surface area contributed by atoms with Gasteiger partial charge in [0.15, 0.2) is 5.96 Å². The van der Waals surface area contributed by atoms with Crippen molar-refractivity contribution in [2.45, 2.75) is 78.9 Å². The van der Waals surface area contributed by atoms with E-state index in [9.17, 15) is 9.59 Å². The molecule has 0 bridgehead atoms. The Bertz CT molecular complexity index is 597. The quantitative estimate of drug-likeness (QED) is 0.266. The summed E-state index contributed by atoms with van der Waals surface area (Å²) < 4.78 is 5.40. The van der Waals surface area contributed by atoms with Crippen molar-refractivity contribution in [3.63, 3.8) is 0 Å². The van der Waals surface area contributed by atoms with Crippen LogP contribution in [-0.2, 0) is 9.53 Å². The number of aliphatic imine (C=N–C) groups is 1. The fraction of sp³-hybridized carbons (Fsp3) is 0.870. The Labute approximate surface area is 212 Å². The lowest BCUT2D eigenvalue weighted by atomic mass is 9.98. The van der Waals surface area contributed by atoms with Gasteiger partial charge in [0.05, 0.1) is 0 Å². The van der Waals surface area contributed by atoms with E-state index in [2.05, 4.69) is 36.4 Å². The predicted molar refractivity (Wildman–Crippen MR) is 142 cm³/mol. The molecular weight excluding hydrogens is 521 g/mol. The first kappa shape index (κ1) is 30.7. The molecule has 0 aromatic heterocycles. The molecule has 2 amide bonds. The third kappa shape index (κ3) is 11.0. The zero-order chi connectivity index (χ0) is 23.6. The van der Waals surface area contributed by atoms with E-state index in [1.54, 1.807) is 19.0 Å². The van der Waals surface area contributed by atoms with Crippen molar-refractivity contribution in [3.8, 4) is 0 Å². The van der Waals surface area contributed by atoms with Gasteiger partial charge in [-0.25, -0.2) is 4.79 Å². The SMILES string of the molecule is CCC(CC)C(=O)N1CCC(NC(=NC)NCC(C)CN(C)C(=O)OC(C)(C)C)CC1.I. The number of guanidine groups is 1. The molecule has 1 fully saturated rings. The number of piperidine rings is 1. The first-order chi connectivity index (χ1) is 14.5. The summed E-state index contributed by atoms with van der Waals surface area (Å²) in [6.07, 6.45) is 3.35. The second-order valence-electron chi connectivity index (χ2n) is 9.68. The zero-order valence-electron chi connectivity index (χ0n) is 21.4. The van der Waals surface area contributed by atoms with Gasteiger partial charge < -0.3 is 25.2 Å². The highest BCUT2D eigenvalue weighted by atomic mass is 127. The molecule has 1 rings (SSSR count). The van der Waals surface area contributed by atoms with Crippen LogP contribution in [0.1, 0.15) is 67.2 Å². The summed E-state index contributed by atoms with van der Waals surface area (Å²) >= 11 is 0. The summed E-state index contributed by atoms with van der Waals surface area (Å²) in [4.78, 5) is 32.7. The Hall–Kier alpha value is -1.26. The van der Waals surface area contributed by atoms with Gasteiger partial charge in [-0.15, -0.1) is 24.0 Å². The summed E-state index contributed by atoms with van der Waals surface area (Å²) in [6.45, 7) is 14.7. The van der Waals surface area contributed by atoms with E-state index in [0.717, 1.165) is 44.7 Å². The van der Waals surface area contributed by atoms with E-state index in [4.69, 9.17) is 4.74 Å². The van der Waals surface area contributed by atoms with Crippen LogP contribution in [0.4, 0.5) is 4.79 Å². The van der Waals surface area contributed by atoms with Gasteiger partial charge >= 0.3 is 6.09 Å². The molecule has 0 saturated carbocycles. The zero-order valence-corrected chi connectivity index (χ0v) is 23.7. The number of carbonyl (C=O) groups excluding carboxylic acids is 2. The molecule has 1 aliphatic heterocycles. The Morgan fingerprint density at radius 2 is 1.75 bits per heavy atom. The molecule has 0 aromatic rings. The smallest absolute Gasteiger partial charge is 0.410 e. The summed E-state index contributed by atoms with van der Waals surface area (Å²) in [7, 11) is 3.52. The maximum absolute atomic E-state index is 12.6. The minimum absolute atomic E-state index is 0. The number of hydrogen-bond acceptors (Lipinski definition) is 4. The topological polar surface area (TPSA) is 86.3 Å². The number of likely N-dealkylation sites (tertiary alicyclic amines) is 1. The van der Waals surface area contributed by atoms with E-state index in [1.165, 1.54) is 0 Å². The second-order valence-corrected chi connectivity index (χ2v) is 9.68. The molecule has 0 aliphatic carbocycles. The summed E-state index contributed by atoms with van der Waals surface area (Å²) in [5.41, 5.74) is -0.493. The monoisotopic (exact) mass is 567 g/mol. The van der Waals surface area contributed by atoms with E-state index < -0.39 is 5.60 Å². The van der Waals surface area contributed by atoms with Crippen LogP contribution in [0.25, 0.3) is 0 Å². The number of nitrogens with one attached hydrogen (secondary N) is 2. The number of ether oxygens (including phenoxy) is 1.